The Morgan fingerprint density at radius 1 is 1.06 bits per heavy atom. The molecule has 0 saturated heterocycles. The first-order valence-electron chi connectivity index (χ1n) is 4.13. The lowest BCUT2D eigenvalue weighted by Crippen LogP contribution is -2.30. The van der Waals surface area contributed by atoms with Gasteiger partial charge in [0.1, 0.15) is 0 Å². The second kappa shape index (κ2) is 4.72. The molecule has 0 aliphatic heterocycles. The number of imidazole rings is 2. The number of thiol groups is 2. The van der Waals surface area contributed by atoms with Crippen LogP contribution in [0.1, 0.15) is 0 Å². The first-order chi connectivity index (χ1) is 7.63. The monoisotopic (exact) mass is 258 g/mol. The van der Waals surface area contributed by atoms with Gasteiger partial charge in [-0.25, -0.2) is 9.97 Å². The van der Waals surface area contributed by atoms with E-state index < -0.39 is 7.32 Å². The van der Waals surface area contributed by atoms with Gasteiger partial charge < -0.3 is 24.3 Å². The Balaban J connectivity index is 1.91. The average Bonchev–Trinajstić information content (AvgIpc) is 2.76. The maximum absolute atomic E-state index is 9.36. The van der Waals surface area contributed by atoms with E-state index in [9.17, 15) is 5.02 Å². The van der Waals surface area contributed by atoms with Crippen molar-refractivity contribution in [2.75, 3.05) is 0 Å². The Labute approximate surface area is 102 Å². The fourth-order valence-corrected chi connectivity index (χ4v) is 1.23. The van der Waals surface area contributed by atoms with Crippen LogP contribution >= 0.6 is 25.3 Å². The standard InChI is InChI=1S/C6H7BN4O3S2/c12-7(13-5-8-1-3(15)10-5)14-6-9-2-4(16)11-6/h1-2,12,15-16H,(H,8,10)(H,9,11). The molecule has 0 amide bonds. The van der Waals surface area contributed by atoms with Crippen LogP contribution in [0.2, 0.25) is 0 Å². The zero-order valence-corrected chi connectivity index (χ0v) is 9.57. The molecule has 0 fully saturated rings. The third-order valence-electron chi connectivity index (χ3n) is 1.50. The number of nitrogens with one attached hydrogen (secondary N) is 2. The molecule has 0 aliphatic carbocycles. The minimum atomic E-state index is -1.53. The summed E-state index contributed by atoms with van der Waals surface area (Å²) in [4.78, 5) is 12.8. The Morgan fingerprint density at radius 2 is 1.50 bits per heavy atom. The summed E-state index contributed by atoms with van der Waals surface area (Å²) in [7, 11) is -1.53. The van der Waals surface area contributed by atoms with Gasteiger partial charge in [0.15, 0.2) is 0 Å². The zero-order valence-electron chi connectivity index (χ0n) is 7.78. The number of H-pyrrole nitrogens is 2. The van der Waals surface area contributed by atoms with E-state index in [0.29, 0.717) is 10.1 Å². The Morgan fingerprint density at radius 3 is 1.81 bits per heavy atom. The topological polar surface area (TPSA) is 96.1 Å². The van der Waals surface area contributed by atoms with Crippen LogP contribution in [0, 0.1) is 0 Å². The van der Waals surface area contributed by atoms with E-state index in [-0.39, 0.29) is 12.0 Å². The number of hydrogen-bond acceptors (Lipinski definition) is 7. The number of nitrogens with zero attached hydrogens (tertiary/aromatic N) is 2. The second-order valence-corrected chi connectivity index (χ2v) is 3.65. The van der Waals surface area contributed by atoms with Gasteiger partial charge in [-0.1, -0.05) is 0 Å². The fourth-order valence-electron chi connectivity index (χ4n) is 0.923. The summed E-state index contributed by atoms with van der Waals surface area (Å²) in [6, 6.07) is 0.185. The molecule has 0 spiro atoms. The van der Waals surface area contributed by atoms with E-state index in [1.54, 1.807) is 0 Å². The van der Waals surface area contributed by atoms with E-state index >= 15 is 0 Å². The highest BCUT2D eigenvalue weighted by Crippen LogP contribution is 2.11. The van der Waals surface area contributed by atoms with E-state index in [1.165, 1.54) is 12.4 Å². The molecule has 2 rings (SSSR count). The van der Waals surface area contributed by atoms with Crippen molar-refractivity contribution >= 4 is 32.6 Å². The van der Waals surface area contributed by atoms with Gasteiger partial charge in [-0.2, -0.15) is 0 Å². The molecule has 16 heavy (non-hydrogen) atoms. The molecule has 0 unspecified atom stereocenters. The molecule has 10 heteroatoms. The number of aromatic nitrogens is 4. The highest BCUT2D eigenvalue weighted by Gasteiger charge is 2.24. The van der Waals surface area contributed by atoms with Gasteiger partial charge in [0, 0.05) is 0 Å². The summed E-state index contributed by atoms with van der Waals surface area (Å²) < 4.78 is 9.76. The van der Waals surface area contributed by atoms with Crippen LogP contribution in [0.25, 0.3) is 0 Å². The lowest BCUT2D eigenvalue weighted by Gasteiger charge is -2.05. The molecule has 0 atom stereocenters. The van der Waals surface area contributed by atoms with E-state index in [1.807, 2.05) is 0 Å². The van der Waals surface area contributed by atoms with Crippen LogP contribution in [0.4, 0.5) is 0 Å². The maximum Gasteiger partial charge on any atom is 0.789 e. The fraction of sp³-hybridized carbons (Fsp3) is 0. The molecule has 2 heterocycles. The number of rotatable bonds is 4. The van der Waals surface area contributed by atoms with Crippen LogP contribution in [-0.4, -0.2) is 32.3 Å². The van der Waals surface area contributed by atoms with Crippen LogP contribution in [0.15, 0.2) is 22.4 Å². The smallest absolute Gasteiger partial charge is 0.473 e. The van der Waals surface area contributed by atoms with Crippen molar-refractivity contribution < 1.29 is 14.3 Å². The van der Waals surface area contributed by atoms with Crippen molar-refractivity contribution in [3.63, 3.8) is 0 Å². The van der Waals surface area contributed by atoms with Crippen LogP contribution in [0.3, 0.4) is 0 Å². The van der Waals surface area contributed by atoms with E-state index in [2.05, 4.69) is 45.2 Å². The molecular formula is C6H7BN4O3S2. The van der Waals surface area contributed by atoms with Crippen molar-refractivity contribution in [2.45, 2.75) is 10.1 Å². The highest BCUT2D eigenvalue weighted by molar-refractivity contribution is 7.80. The van der Waals surface area contributed by atoms with Gasteiger partial charge in [0.2, 0.25) is 0 Å². The van der Waals surface area contributed by atoms with Crippen molar-refractivity contribution in [2.24, 2.45) is 0 Å². The van der Waals surface area contributed by atoms with Gasteiger partial charge in [0.05, 0.1) is 22.4 Å². The molecule has 0 radical (unpaired) electrons. The van der Waals surface area contributed by atoms with Crippen LogP contribution in [0.5, 0.6) is 12.0 Å². The minimum Gasteiger partial charge on any atom is -0.473 e. The van der Waals surface area contributed by atoms with Crippen molar-refractivity contribution in [3.8, 4) is 12.0 Å². The first-order valence-corrected chi connectivity index (χ1v) is 5.02. The van der Waals surface area contributed by atoms with Crippen molar-refractivity contribution in [3.05, 3.63) is 12.4 Å². The molecule has 0 aromatic carbocycles. The van der Waals surface area contributed by atoms with E-state index in [0.717, 1.165) is 0 Å². The maximum atomic E-state index is 9.36. The predicted molar refractivity (Wildman–Crippen MR) is 60.9 cm³/mol. The van der Waals surface area contributed by atoms with Gasteiger partial charge in [-0.15, -0.1) is 25.3 Å². The molecule has 0 aliphatic rings. The minimum absolute atomic E-state index is 0.0927. The summed E-state index contributed by atoms with van der Waals surface area (Å²) in [5, 5.41) is 10.4. The number of aromatic amines is 2. The first kappa shape index (κ1) is 11.2. The lowest BCUT2D eigenvalue weighted by molar-refractivity contribution is 0.279. The summed E-state index contributed by atoms with van der Waals surface area (Å²) in [6.07, 6.45) is 2.87. The van der Waals surface area contributed by atoms with Crippen LogP contribution < -0.4 is 9.31 Å². The van der Waals surface area contributed by atoms with Gasteiger partial charge >= 0.3 is 7.32 Å². The van der Waals surface area contributed by atoms with E-state index in [4.69, 9.17) is 9.31 Å². The Hall–Kier alpha value is -1.26. The molecular weight excluding hydrogens is 251 g/mol. The highest BCUT2D eigenvalue weighted by atomic mass is 32.1. The lowest BCUT2D eigenvalue weighted by atomic mass is 10.2. The Kier molecular flexibility index (Phi) is 3.32. The second-order valence-electron chi connectivity index (χ2n) is 2.69. The molecule has 0 saturated carbocycles. The molecule has 0 bridgehead atoms. The normalized spacial score (nSPS) is 10.2. The van der Waals surface area contributed by atoms with Crippen molar-refractivity contribution in [1.82, 2.24) is 19.9 Å². The molecule has 2 aromatic heterocycles. The van der Waals surface area contributed by atoms with Crippen molar-refractivity contribution in [1.29, 1.82) is 0 Å². The summed E-state index contributed by atoms with van der Waals surface area (Å²) in [5.41, 5.74) is 0. The third-order valence-corrected chi connectivity index (χ3v) is 1.96. The van der Waals surface area contributed by atoms with Gasteiger partial charge in [-0.05, 0) is 0 Å². The van der Waals surface area contributed by atoms with Crippen LogP contribution in [-0.2, 0) is 0 Å². The molecule has 84 valence electrons. The molecule has 2 aromatic rings. The summed E-state index contributed by atoms with van der Waals surface area (Å²) in [6.45, 7) is 0. The SMILES string of the molecule is OB(Oc1ncc(S)[nH]1)Oc1ncc(S)[nH]1. The summed E-state index contributed by atoms with van der Waals surface area (Å²) in [5.74, 6) is 0. The Bertz CT molecular complexity index is 434. The summed E-state index contributed by atoms with van der Waals surface area (Å²) >= 11 is 7.96. The van der Waals surface area contributed by atoms with Gasteiger partial charge in [0.25, 0.3) is 12.0 Å². The zero-order chi connectivity index (χ0) is 11.5. The average molecular weight is 258 g/mol. The van der Waals surface area contributed by atoms with Gasteiger partial charge in [-0.3, -0.25) is 0 Å². The quantitative estimate of drug-likeness (QED) is 0.397. The predicted octanol–water partition coefficient (Wildman–Crippen LogP) is 0.145. The third kappa shape index (κ3) is 2.87. The largest absolute Gasteiger partial charge is 0.789 e. The number of hydrogen-bond donors (Lipinski definition) is 5. The molecule has 3 N–H and O–H groups in total. The molecule has 7 nitrogen and oxygen atoms in total.